The Morgan fingerprint density at radius 2 is 2.20 bits per heavy atom. The van der Waals surface area contributed by atoms with Crippen LogP contribution in [0.2, 0.25) is 5.02 Å². The second kappa shape index (κ2) is 5.92. The van der Waals surface area contributed by atoms with E-state index in [9.17, 15) is 10.1 Å². The number of aryl methyl sites for hydroxylation is 2. The lowest BCUT2D eigenvalue weighted by Crippen LogP contribution is -2.03. The fourth-order valence-electron chi connectivity index (χ4n) is 1.76. The summed E-state index contributed by atoms with van der Waals surface area (Å²) in [5.41, 5.74) is 1.79. The molecule has 20 heavy (non-hydrogen) atoms. The van der Waals surface area contributed by atoms with Crippen LogP contribution < -0.4 is 4.74 Å². The molecule has 0 saturated heterocycles. The summed E-state index contributed by atoms with van der Waals surface area (Å²) in [4.78, 5) is 10.1. The molecular weight excluding hydrogens is 282 g/mol. The first kappa shape index (κ1) is 14.3. The molecule has 2 rings (SSSR count). The van der Waals surface area contributed by atoms with Crippen LogP contribution in [0.25, 0.3) is 0 Å². The molecule has 0 fully saturated rings. The fourth-order valence-corrected chi connectivity index (χ4v) is 2.00. The lowest BCUT2D eigenvalue weighted by atomic mass is 10.3. The van der Waals surface area contributed by atoms with Gasteiger partial charge in [-0.25, -0.2) is 0 Å². The molecule has 0 aliphatic rings. The second-order valence-corrected chi connectivity index (χ2v) is 4.67. The van der Waals surface area contributed by atoms with Gasteiger partial charge in [0.15, 0.2) is 0 Å². The van der Waals surface area contributed by atoms with Crippen molar-refractivity contribution in [3.8, 4) is 5.75 Å². The van der Waals surface area contributed by atoms with Crippen molar-refractivity contribution >= 4 is 17.3 Å². The molecule has 0 saturated carbocycles. The quantitative estimate of drug-likeness (QED) is 0.627. The highest BCUT2D eigenvalue weighted by Crippen LogP contribution is 2.28. The van der Waals surface area contributed by atoms with Crippen LogP contribution in [0, 0.1) is 10.1 Å². The third-order valence-corrected chi connectivity index (χ3v) is 3.19. The molecule has 0 atom stereocenters. The number of aromatic nitrogens is 2. The first-order valence-corrected chi connectivity index (χ1v) is 6.47. The van der Waals surface area contributed by atoms with E-state index in [0.717, 1.165) is 17.8 Å². The molecule has 106 valence electrons. The third kappa shape index (κ3) is 3.08. The van der Waals surface area contributed by atoms with Crippen LogP contribution in [-0.4, -0.2) is 14.7 Å². The zero-order valence-corrected chi connectivity index (χ0v) is 11.9. The third-order valence-electron chi connectivity index (χ3n) is 2.89. The van der Waals surface area contributed by atoms with Gasteiger partial charge >= 0.3 is 0 Å². The van der Waals surface area contributed by atoms with Gasteiger partial charge in [0.1, 0.15) is 17.4 Å². The maximum Gasteiger partial charge on any atom is 0.288 e. The van der Waals surface area contributed by atoms with Crippen LogP contribution in [0.3, 0.4) is 0 Å². The molecule has 0 amide bonds. The highest BCUT2D eigenvalue weighted by atomic mass is 35.5. The lowest BCUT2D eigenvalue weighted by molar-refractivity contribution is -0.384. The van der Waals surface area contributed by atoms with Crippen molar-refractivity contribution in [3.63, 3.8) is 0 Å². The predicted molar refractivity (Wildman–Crippen MR) is 75.0 cm³/mol. The molecule has 2 aromatic rings. The Kier molecular flexibility index (Phi) is 4.24. The minimum atomic E-state index is -0.527. The summed E-state index contributed by atoms with van der Waals surface area (Å²) < 4.78 is 7.33. The first-order chi connectivity index (χ1) is 9.51. The molecule has 0 spiro atoms. The Morgan fingerprint density at radius 3 is 2.75 bits per heavy atom. The summed E-state index contributed by atoms with van der Waals surface area (Å²) in [6.45, 7) is 2.36. The summed E-state index contributed by atoms with van der Waals surface area (Å²) in [7, 11) is 1.85. The summed E-state index contributed by atoms with van der Waals surface area (Å²) >= 11 is 5.82. The van der Waals surface area contributed by atoms with Crippen LogP contribution in [0.1, 0.15) is 18.3 Å². The van der Waals surface area contributed by atoms with E-state index in [2.05, 4.69) is 5.10 Å². The van der Waals surface area contributed by atoms with Crippen molar-refractivity contribution in [2.24, 2.45) is 7.05 Å². The molecule has 0 radical (unpaired) electrons. The van der Waals surface area contributed by atoms with Gasteiger partial charge in [-0.05, 0) is 18.6 Å². The standard InChI is InChI=1S/C13H14ClN3O3/c1-3-9-6-10(16(2)15-9)8-20-11-4-5-13(17(18)19)12(14)7-11/h4-7H,3,8H2,1-2H3. The first-order valence-electron chi connectivity index (χ1n) is 6.09. The molecule has 7 heteroatoms. The molecule has 0 N–H and O–H groups in total. The van der Waals surface area contributed by atoms with E-state index < -0.39 is 4.92 Å². The molecule has 1 heterocycles. The SMILES string of the molecule is CCc1cc(COc2ccc([N+](=O)[O-])c(Cl)c2)n(C)n1. The predicted octanol–water partition coefficient (Wildman–Crippen LogP) is 3.12. The molecule has 1 aromatic heterocycles. The van der Waals surface area contributed by atoms with Gasteiger partial charge in [-0.2, -0.15) is 5.10 Å². The van der Waals surface area contributed by atoms with E-state index in [1.807, 2.05) is 20.0 Å². The maximum absolute atomic E-state index is 10.7. The summed E-state index contributed by atoms with van der Waals surface area (Å²) in [6.07, 6.45) is 0.858. The molecule has 0 bridgehead atoms. The Hall–Kier alpha value is -2.08. The highest BCUT2D eigenvalue weighted by molar-refractivity contribution is 6.32. The van der Waals surface area contributed by atoms with E-state index >= 15 is 0 Å². The number of nitrogens with zero attached hydrogens (tertiary/aromatic N) is 3. The molecule has 0 aliphatic carbocycles. The van der Waals surface area contributed by atoms with Crippen LogP contribution in [-0.2, 0) is 20.1 Å². The number of hydrogen-bond acceptors (Lipinski definition) is 4. The molecule has 0 aliphatic heterocycles. The number of benzene rings is 1. The Balaban J connectivity index is 2.09. The average molecular weight is 296 g/mol. The average Bonchev–Trinajstić information content (AvgIpc) is 2.76. The Bertz CT molecular complexity index is 640. The molecular formula is C13H14ClN3O3. The smallest absolute Gasteiger partial charge is 0.288 e. The summed E-state index contributed by atoms with van der Waals surface area (Å²) in [5, 5.41) is 15.0. The van der Waals surface area contributed by atoms with Crippen molar-refractivity contribution in [3.05, 3.63) is 50.8 Å². The second-order valence-electron chi connectivity index (χ2n) is 4.26. The van der Waals surface area contributed by atoms with Crippen LogP contribution in [0.4, 0.5) is 5.69 Å². The van der Waals surface area contributed by atoms with E-state index in [1.165, 1.54) is 18.2 Å². The minimum absolute atomic E-state index is 0.0618. The maximum atomic E-state index is 10.7. The van der Waals surface area contributed by atoms with Crippen molar-refractivity contribution in [1.29, 1.82) is 0 Å². The van der Waals surface area contributed by atoms with E-state index in [4.69, 9.17) is 16.3 Å². The van der Waals surface area contributed by atoms with Crippen molar-refractivity contribution < 1.29 is 9.66 Å². The Labute approximate surface area is 121 Å². The largest absolute Gasteiger partial charge is 0.487 e. The molecule has 0 unspecified atom stereocenters. The number of nitro benzene ring substituents is 1. The van der Waals surface area contributed by atoms with Gasteiger partial charge in [0.05, 0.1) is 16.3 Å². The normalized spacial score (nSPS) is 10.6. The van der Waals surface area contributed by atoms with Crippen LogP contribution >= 0.6 is 11.6 Å². The van der Waals surface area contributed by atoms with E-state index in [-0.39, 0.29) is 10.7 Å². The zero-order valence-electron chi connectivity index (χ0n) is 11.2. The van der Waals surface area contributed by atoms with Gasteiger partial charge in [0, 0.05) is 19.2 Å². The van der Waals surface area contributed by atoms with Gasteiger partial charge in [0.2, 0.25) is 0 Å². The van der Waals surface area contributed by atoms with E-state index in [1.54, 1.807) is 4.68 Å². The molecule has 1 aromatic carbocycles. The Morgan fingerprint density at radius 1 is 1.45 bits per heavy atom. The number of nitro groups is 1. The number of hydrogen-bond donors (Lipinski definition) is 0. The van der Waals surface area contributed by atoms with Gasteiger partial charge < -0.3 is 4.74 Å². The van der Waals surface area contributed by atoms with Gasteiger partial charge in [0.25, 0.3) is 5.69 Å². The molecule has 6 nitrogen and oxygen atoms in total. The van der Waals surface area contributed by atoms with Gasteiger partial charge in [-0.15, -0.1) is 0 Å². The van der Waals surface area contributed by atoms with Crippen molar-refractivity contribution in [2.75, 3.05) is 0 Å². The lowest BCUT2D eigenvalue weighted by Gasteiger charge is -2.06. The monoisotopic (exact) mass is 295 g/mol. The minimum Gasteiger partial charge on any atom is -0.487 e. The van der Waals surface area contributed by atoms with Gasteiger partial charge in [-0.3, -0.25) is 14.8 Å². The zero-order chi connectivity index (χ0) is 14.7. The number of rotatable bonds is 5. The highest BCUT2D eigenvalue weighted by Gasteiger charge is 2.13. The van der Waals surface area contributed by atoms with Crippen LogP contribution in [0.15, 0.2) is 24.3 Å². The number of ether oxygens (including phenoxy) is 1. The fraction of sp³-hybridized carbons (Fsp3) is 0.308. The van der Waals surface area contributed by atoms with E-state index in [0.29, 0.717) is 12.4 Å². The summed E-state index contributed by atoms with van der Waals surface area (Å²) in [5.74, 6) is 0.486. The number of halogens is 1. The van der Waals surface area contributed by atoms with Crippen molar-refractivity contribution in [2.45, 2.75) is 20.0 Å². The van der Waals surface area contributed by atoms with Crippen LogP contribution in [0.5, 0.6) is 5.75 Å². The summed E-state index contributed by atoms with van der Waals surface area (Å²) in [6, 6.07) is 6.27. The topological polar surface area (TPSA) is 70.2 Å². The van der Waals surface area contributed by atoms with Gasteiger partial charge in [-0.1, -0.05) is 18.5 Å². The van der Waals surface area contributed by atoms with Crippen molar-refractivity contribution in [1.82, 2.24) is 9.78 Å².